The zero-order valence-electron chi connectivity index (χ0n) is 20.0. The van der Waals surface area contributed by atoms with Gasteiger partial charge in [-0.1, -0.05) is 35.9 Å². The Bertz CT molecular complexity index is 1470. The summed E-state index contributed by atoms with van der Waals surface area (Å²) >= 11 is 2.21. The number of hydrogen-bond acceptors (Lipinski definition) is 4. The Morgan fingerprint density at radius 1 is 1.00 bits per heavy atom. The highest BCUT2D eigenvalue weighted by atomic mass is 127. The largest absolute Gasteiger partial charge is 0.497 e. The third-order valence-corrected chi connectivity index (χ3v) is 8.13. The first-order chi connectivity index (χ1) is 16.7. The Labute approximate surface area is 220 Å². The Morgan fingerprint density at radius 2 is 1.63 bits per heavy atom. The molecule has 8 heteroatoms. The molecule has 0 saturated carbocycles. The van der Waals surface area contributed by atoms with Crippen LogP contribution in [-0.4, -0.2) is 27.2 Å². The summed E-state index contributed by atoms with van der Waals surface area (Å²) in [6.07, 6.45) is 4.35. The van der Waals surface area contributed by atoms with Gasteiger partial charge in [0.05, 0.1) is 24.8 Å². The van der Waals surface area contributed by atoms with Crippen molar-refractivity contribution in [2.45, 2.75) is 18.2 Å². The third-order valence-electron chi connectivity index (χ3n) is 5.76. The molecule has 0 radical (unpaired) electrons. The highest BCUT2D eigenvalue weighted by Gasteiger charge is 2.25. The number of benzene rings is 3. The molecular formula is C27H27IN2O4S. The summed E-state index contributed by atoms with van der Waals surface area (Å²) in [4.78, 5) is 0.204. The molecule has 6 nitrogen and oxygen atoms in total. The molecule has 4 rings (SSSR count). The van der Waals surface area contributed by atoms with Crippen LogP contribution < -0.4 is 13.8 Å². The molecule has 0 fully saturated rings. The maximum atomic E-state index is 13.8. The van der Waals surface area contributed by atoms with Crippen molar-refractivity contribution >= 4 is 49.2 Å². The number of aryl methyl sites for hydroxylation is 2. The molecule has 0 spiro atoms. The molecule has 0 amide bonds. The van der Waals surface area contributed by atoms with Crippen LogP contribution in [-0.2, 0) is 23.5 Å². The molecule has 0 bridgehead atoms. The van der Waals surface area contributed by atoms with E-state index in [1.807, 2.05) is 26.1 Å². The molecule has 0 unspecified atom stereocenters. The fourth-order valence-electron chi connectivity index (χ4n) is 3.95. The SMILES string of the molecule is COc1cc(OC)cc(N(/C=C(\I)Cc2cn(C)c3ccccc23)S(=O)(=O)c2ccc(C)cc2)c1. The summed E-state index contributed by atoms with van der Waals surface area (Å²) in [7, 11) is 1.18. The monoisotopic (exact) mass is 602 g/mol. The second-order valence-electron chi connectivity index (χ2n) is 8.22. The van der Waals surface area contributed by atoms with Crippen molar-refractivity contribution in [2.75, 3.05) is 18.5 Å². The predicted molar refractivity (Wildman–Crippen MR) is 149 cm³/mol. The van der Waals surface area contributed by atoms with Gasteiger partial charge in [-0.05, 0) is 53.3 Å². The third kappa shape index (κ3) is 5.33. The Balaban J connectivity index is 1.82. The molecular weight excluding hydrogens is 575 g/mol. The normalized spacial score (nSPS) is 12.1. The molecule has 0 N–H and O–H groups in total. The zero-order valence-corrected chi connectivity index (χ0v) is 23.0. The van der Waals surface area contributed by atoms with Crippen molar-refractivity contribution in [1.29, 1.82) is 0 Å². The van der Waals surface area contributed by atoms with Gasteiger partial charge in [0.25, 0.3) is 10.0 Å². The van der Waals surface area contributed by atoms with Crippen LogP contribution in [0, 0.1) is 6.92 Å². The first-order valence-corrected chi connectivity index (χ1v) is 13.5. The maximum absolute atomic E-state index is 13.8. The van der Waals surface area contributed by atoms with Crippen molar-refractivity contribution in [2.24, 2.45) is 7.05 Å². The predicted octanol–water partition coefficient (Wildman–Crippen LogP) is 6.22. The summed E-state index contributed by atoms with van der Waals surface area (Å²) in [5.41, 5.74) is 3.67. The van der Waals surface area contributed by atoms with Gasteiger partial charge in [0.15, 0.2) is 0 Å². The number of methoxy groups -OCH3 is 2. The quantitative estimate of drug-likeness (QED) is 0.225. The molecule has 0 aliphatic carbocycles. The highest BCUT2D eigenvalue weighted by molar-refractivity contribution is 14.1. The molecule has 35 heavy (non-hydrogen) atoms. The van der Waals surface area contributed by atoms with Crippen molar-refractivity contribution in [3.63, 3.8) is 0 Å². The van der Waals surface area contributed by atoms with Gasteiger partial charge in [-0.3, -0.25) is 0 Å². The minimum Gasteiger partial charge on any atom is -0.497 e. The van der Waals surface area contributed by atoms with Crippen molar-refractivity contribution in [3.8, 4) is 11.5 Å². The fourth-order valence-corrected chi connectivity index (χ4v) is 6.18. The standard InChI is InChI=1S/C27H27IN2O4S/c1-19-9-11-25(12-10-19)35(31,32)30(22-14-23(33-3)16-24(15-22)34-4)18-21(28)13-20-17-29(2)27-8-6-5-7-26(20)27/h5-12,14-18H,13H2,1-4H3/b21-18-. The Morgan fingerprint density at radius 3 is 2.26 bits per heavy atom. The summed E-state index contributed by atoms with van der Waals surface area (Å²) in [6, 6.07) is 20.1. The van der Waals surface area contributed by atoms with Crippen molar-refractivity contribution < 1.29 is 17.9 Å². The minimum absolute atomic E-state index is 0.204. The molecule has 1 heterocycles. The number of ether oxygens (including phenoxy) is 2. The lowest BCUT2D eigenvalue weighted by atomic mass is 10.1. The summed E-state index contributed by atoms with van der Waals surface area (Å²) in [6.45, 7) is 1.92. The first kappa shape index (κ1) is 25.1. The average Bonchev–Trinajstić information content (AvgIpc) is 3.17. The number of aromatic nitrogens is 1. The number of halogens is 1. The molecule has 0 aliphatic rings. The smallest absolute Gasteiger partial charge is 0.268 e. The second-order valence-corrected chi connectivity index (χ2v) is 11.4. The van der Waals surface area contributed by atoms with Crippen LogP contribution >= 0.6 is 22.6 Å². The number of fused-ring (bicyclic) bond motifs is 1. The lowest BCUT2D eigenvalue weighted by Gasteiger charge is -2.23. The van der Waals surface area contributed by atoms with E-state index in [4.69, 9.17) is 9.47 Å². The molecule has 4 aromatic rings. The van der Waals surface area contributed by atoms with Crippen LogP contribution in [0.1, 0.15) is 11.1 Å². The first-order valence-electron chi connectivity index (χ1n) is 11.0. The molecule has 182 valence electrons. The van der Waals surface area contributed by atoms with Gasteiger partial charge in [-0.25, -0.2) is 12.7 Å². The van der Waals surface area contributed by atoms with E-state index in [0.29, 0.717) is 23.6 Å². The van der Waals surface area contributed by atoms with Gasteiger partial charge >= 0.3 is 0 Å². The van der Waals surface area contributed by atoms with Crippen LogP contribution in [0.3, 0.4) is 0 Å². The maximum Gasteiger partial charge on any atom is 0.268 e. The van der Waals surface area contributed by atoms with E-state index in [1.165, 1.54) is 18.5 Å². The van der Waals surface area contributed by atoms with Crippen molar-refractivity contribution in [3.05, 3.63) is 93.8 Å². The summed E-state index contributed by atoms with van der Waals surface area (Å²) in [5, 5.41) is 1.15. The van der Waals surface area contributed by atoms with Gasteiger partial charge in [0.1, 0.15) is 11.5 Å². The number of sulfonamides is 1. The molecule has 0 aliphatic heterocycles. The number of rotatable bonds is 8. The van der Waals surface area contributed by atoms with E-state index in [2.05, 4.69) is 45.5 Å². The second kappa shape index (κ2) is 10.3. The van der Waals surface area contributed by atoms with Crippen LogP contribution in [0.5, 0.6) is 11.5 Å². The lowest BCUT2D eigenvalue weighted by molar-refractivity contribution is 0.394. The number of nitrogens with zero attached hydrogens (tertiary/aromatic N) is 2. The van der Waals surface area contributed by atoms with Crippen molar-refractivity contribution in [1.82, 2.24) is 4.57 Å². The van der Waals surface area contributed by atoms with Gasteiger partial charge < -0.3 is 14.0 Å². The van der Waals surface area contributed by atoms with Gasteiger partial charge in [-0.15, -0.1) is 0 Å². The van der Waals surface area contributed by atoms with E-state index in [1.54, 1.807) is 48.7 Å². The number of para-hydroxylation sites is 1. The van der Waals surface area contributed by atoms with Gasteiger partial charge in [0, 0.05) is 58.5 Å². The number of hydrogen-bond donors (Lipinski definition) is 0. The molecule has 3 aromatic carbocycles. The average molecular weight is 602 g/mol. The zero-order chi connectivity index (χ0) is 25.2. The molecule has 1 aromatic heterocycles. The van der Waals surface area contributed by atoms with E-state index in [0.717, 1.165) is 25.6 Å². The van der Waals surface area contributed by atoms with E-state index in [9.17, 15) is 8.42 Å². The van der Waals surface area contributed by atoms with E-state index < -0.39 is 10.0 Å². The highest BCUT2D eigenvalue weighted by Crippen LogP contribution is 2.34. The van der Waals surface area contributed by atoms with Crippen LogP contribution in [0.25, 0.3) is 10.9 Å². The van der Waals surface area contributed by atoms with E-state index >= 15 is 0 Å². The van der Waals surface area contributed by atoms with Crippen LogP contribution in [0.2, 0.25) is 0 Å². The van der Waals surface area contributed by atoms with Gasteiger partial charge in [0.2, 0.25) is 0 Å². The van der Waals surface area contributed by atoms with E-state index in [-0.39, 0.29) is 4.90 Å². The fraction of sp³-hybridized carbons (Fsp3) is 0.185. The van der Waals surface area contributed by atoms with Crippen LogP contribution in [0.15, 0.2) is 87.6 Å². The Hall–Kier alpha value is -2.98. The lowest BCUT2D eigenvalue weighted by Crippen LogP contribution is -2.26. The Kier molecular flexibility index (Phi) is 7.42. The van der Waals surface area contributed by atoms with Gasteiger partial charge in [-0.2, -0.15) is 0 Å². The number of anilines is 1. The summed E-state index contributed by atoms with van der Waals surface area (Å²) in [5.74, 6) is 1.00. The topological polar surface area (TPSA) is 60.8 Å². The summed E-state index contributed by atoms with van der Waals surface area (Å²) < 4.78 is 42.7. The molecule has 0 saturated heterocycles. The number of allylic oxidation sites excluding steroid dienone is 1. The van der Waals surface area contributed by atoms with Crippen LogP contribution in [0.4, 0.5) is 5.69 Å². The minimum atomic E-state index is -3.91. The molecule has 0 atom stereocenters.